The average Bonchev–Trinajstić information content (AvgIpc) is 2.66. The molecule has 1 amide bonds. The van der Waals surface area contributed by atoms with Gasteiger partial charge in [-0.05, 0) is 41.8 Å². The lowest BCUT2D eigenvalue weighted by Crippen LogP contribution is -2.34. The summed E-state index contributed by atoms with van der Waals surface area (Å²) in [5.74, 6) is 0.673. The zero-order valence-electron chi connectivity index (χ0n) is 14.1. The zero-order chi connectivity index (χ0) is 17.1. The van der Waals surface area contributed by atoms with Gasteiger partial charge in [-0.1, -0.05) is 60.7 Å². The van der Waals surface area contributed by atoms with Crippen LogP contribution in [0.3, 0.4) is 0 Å². The molecule has 0 bridgehead atoms. The maximum atomic E-state index is 12.4. The van der Waals surface area contributed by atoms with E-state index in [1.54, 1.807) is 0 Å². The molecule has 3 aromatic rings. The Morgan fingerprint density at radius 1 is 1.00 bits per heavy atom. The van der Waals surface area contributed by atoms with Crippen LogP contribution in [0.25, 0.3) is 10.8 Å². The van der Waals surface area contributed by atoms with Crippen molar-refractivity contribution < 1.29 is 9.53 Å². The van der Waals surface area contributed by atoms with Crippen LogP contribution in [0.5, 0.6) is 5.75 Å². The quantitative estimate of drug-likeness (QED) is 0.769. The fourth-order valence-corrected chi connectivity index (χ4v) is 3.60. The molecule has 0 unspecified atom stereocenters. The molecule has 3 nitrogen and oxygen atoms in total. The van der Waals surface area contributed by atoms with Gasteiger partial charge in [0.1, 0.15) is 5.75 Å². The number of ether oxygens (including phenoxy) is 1. The van der Waals surface area contributed by atoms with Gasteiger partial charge in [-0.25, -0.2) is 0 Å². The third-order valence-electron chi connectivity index (χ3n) is 4.81. The van der Waals surface area contributed by atoms with Crippen LogP contribution in [0, 0.1) is 0 Å². The van der Waals surface area contributed by atoms with Crippen LogP contribution < -0.4 is 10.1 Å². The van der Waals surface area contributed by atoms with E-state index in [2.05, 4.69) is 23.5 Å². The second-order valence-corrected chi connectivity index (χ2v) is 6.48. The summed E-state index contributed by atoms with van der Waals surface area (Å²) >= 11 is 0. The number of carbonyl (C=O) groups excluding carboxylic acids is 1. The Morgan fingerprint density at radius 2 is 1.80 bits per heavy atom. The van der Waals surface area contributed by atoms with Gasteiger partial charge < -0.3 is 10.1 Å². The van der Waals surface area contributed by atoms with Crippen LogP contribution in [-0.4, -0.2) is 12.5 Å². The molecule has 0 aliphatic heterocycles. The average molecular weight is 331 g/mol. The number of amides is 1. The molecule has 0 aromatic heterocycles. The predicted molar refractivity (Wildman–Crippen MR) is 99.7 cm³/mol. The van der Waals surface area contributed by atoms with Crippen molar-refractivity contribution in [3.63, 3.8) is 0 Å². The van der Waals surface area contributed by atoms with Crippen LogP contribution in [0.15, 0.2) is 66.7 Å². The van der Waals surface area contributed by atoms with E-state index in [4.69, 9.17) is 4.74 Å². The van der Waals surface area contributed by atoms with E-state index < -0.39 is 0 Å². The smallest absolute Gasteiger partial charge is 0.258 e. The molecule has 0 fully saturated rings. The normalized spacial score (nSPS) is 16.2. The third kappa shape index (κ3) is 3.36. The highest BCUT2D eigenvalue weighted by Gasteiger charge is 2.21. The molecule has 3 heteroatoms. The number of benzene rings is 3. The van der Waals surface area contributed by atoms with Gasteiger partial charge in [0.2, 0.25) is 0 Å². The number of hydrogen-bond acceptors (Lipinski definition) is 2. The Bertz CT molecular complexity index is 898. The van der Waals surface area contributed by atoms with Gasteiger partial charge in [-0.3, -0.25) is 4.79 Å². The van der Waals surface area contributed by atoms with Gasteiger partial charge >= 0.3 is 0 Å². The molecule has 1 N–H and O–H groups in total. The molecule has 0 radical (unpaired) electrons. The van der Waals surface area contributed by atoms with Gasteiger partial charge in [-0.15, -0.1) is 0 Å². The molecular weight excluding hydrogens is 310 g/mol. The van der Waals surface area contributed by atoms with E-state index in [0.717, 1.165) is 35.8 Å². The number of nitrogens with one attached hydrogen (secondary N) is 1. The predicted octanol–water partition coefficient (Wildman–Crippen LogP) is 4.41. The first kappa shape index (κ1) is 15.7. The molecule has 1 atom stereocenters. The highest BCUT2D eigenvalue weighted by Crippen LogP contribution is 2.29. The van der Waals surface area contributed by atoms with Gasteiger partial charge in [0.25, 0.3) is 5.91 Å². The van der Waals surface area contributed by atoms with Crippen LogP contribution in [0.2, 0.25) is 0 Å². The minimum Gasteiger partial charge on any atom is -0.483 e. The topological polar surface area (TPSA) is 38.3 Å². The van der Waals surface area contributed by atoms with Crippen molar-refractivity contribution in [2.75, 3.05) is 6.61 Å². The third-order valence-corrected chi connectivity index (χ3v) is 4.81. The largest absolute Gasteiger partial charge is 0.483 e. The molecule has 126 valence electrons. The second kappa shape index (κ2) is 6.98. The van der Waals surface area contributed by atoms with Crippen molar-refractivity contribution in [1.82, 2.24) is 5.32 Å². The number of rotatable bonds is 4. The summed E-state index contributed by atoms with van der Waals surface area (Å²) in [5.41, 5.74) is 2.58. The summed E-state index contributed by atoms with van der Waals surface area (Å²) in [7, 11) is 0. The van der Waals surface area contributed by atoms with Crippen molar-refractivity contribution in [3.05, 3.63) is 77.9 Å². The maximum absolute atomic E-state index is 12.4. The summed E-state index contributed by atoms with van der Waals surface area (Å²) in [5, 5.41) is 5.27. The molecule has 0 spiro atoms. The Kier molecular flexibility index (Phi) is 4.38. The Hall–Kier alpha value is -2.81. The SMILES string of the molecule is O=C(COc1cccc2ccccc12)N[C@@H]1CCCc2ccccc21. The van der Waals surface area contributed by atoms with E-state index in [0.29, 0.717) is 0 Å². The summed E-state index contributed by atoms with van der Waals surface area (Å²) in [6.07, 6.45) is 3.18. The van der Waals surface area contributed by atoms with Crippen LogP contribution in [-0.2, 0) is 11.2 Å². The molecule has 4 rings (SSSR count). The van der Waals surface area contributed by atoms with E-state index >= 15 is 0 Å². The Labute approximate surface area is 147 Å². The van der Waals surface area contributed by atoms with Crippen LogP contribution in [0.1, 0.15) is 30.0 Å². The van der Waals surface area contributed by atoms with Crippen molar-refractivity contribution in [1.29, 1.82) is 0 Å². The number of hydrogen-bond donors (Lipinski definition) is 1. The van der Waals surface area contributed by atoms with Crippen LogP contribution in [0.4, 0.5) is 0 Å². The van der Waals surface area contributed by atoms with Gasteiger partial charge in [0, 0.05) is 5.39 Å². The lowest BCUT2D eigenvalue weighted by molar-refractivity contribution is -0.123. The highest BCUT2D eigenvalue weighted by atomic mass is 16.5. The molecule has 1 aliphatic rings. The minimum atomic E-state index is -0.0744. The van der Waals surface area contributed by atoms with Crippen molar-refractivity contribution in [3.8, 4) is 5.75 Å². The minimum absolute atomic E-state index is 0.0344. The summed E-state index contributed by atoms with van der Waals surface area (Å²) in [4.78, 5) is 12.4. The first-order valence-electron chi connectivity index (χ1n) is 8.79. The fourth-order valence-electron chi connectivity index (χ4n) is 3.60. The highest BCUT2D eigenvalue weighted by molar-refractivity contribution is 5.88. The first-order valence-corrected chi connectivity index (χ1v) is 8.79. The number of carbonyl (C=O) groups is 1. The van der Waals surface area contributed by atoms with E-state index in [1.807, 2.05) is 48.5 Å². The summed E-state index contributed by atoms with van der Waals surface area (Å²) in [6.45, 7) is 0.0344. The monoisotopic (exact) mass is 331 g/mol. The molecule has 1 aliphatic carbocycles. The van der Waals surface area contributed by atoms with Crippen molar-refractivity contribution in [2.45, 2.75) is 25.3 Å². The van der Waals surface area contributed by atoms with Crippen molar-refractivity contribution >= 4 is 16.7 Å². The van der Waals surface area contributed by atoms with Gasteiger partial charge in [-0.2, -0.15) is 0 Å². The van der Waals surface area contributed by atoms with Gasteiger partial charge in [0.15, 0.2) is 6.61 Å². The fraction of sp³-hybridized carbons (Fsp3) is 0.227. The van der Waals surface area contributed by atoms with E-state index in [-0.39, 0.29) is 18.6 Å². The lowest BCUT2D eigenvalue weighted by atomic mass is 9.88. The maximum Gasteiger partial charge on any atom is 0.258 e. The van der Waals surface area contributed by atoms with Crippen LogP contribution >= 0.6 is 0 Å². The standard InChI is InChI=1S/C22H21NO2/c24-22(23-20-13-5-9-16-7-1-3-11-18(16)20)15-25-21-14-6-10-17-8-2-4-12-19(17)21/h1-4,6-8,10-12,14,20H,5,9,13,15H2,(H,23,24)/t20-/m1/s1. The summed E-state index contributed by atoms with van der Waals surface area (Å²) in [6, 6.07) is 22.4. The van der Waals surface area contributed by atoms with Gasteiger partial charge in [0.05, 0.1) is 6.04 Å². The first-order chi connectivity index (χ1) is 12.3. The van der Waals surface area contributed by atoms with E-state index in [1.165, 1.54) is 11.1 Å². The Balaban J connectivity index is 1.43. The number of aryl methyl sites for hydroxylation is 1. The molecule has 0 heterocycles. The zero-order valence-corrected chi connectivity index (χ0v) is 14.1. The van der Waals surface area contributed by atoms with Crippen molar-refractivity contribution in [2.24, 2.45) is 0 Å². The Morgan fingerprint density at radius 3 is 2.76 bits per heavy atom. The van der Waals surface area contributed by atoms with E-state index in [9.17, 15) is 4.79 Å². The molecule has 0 saturated carbocycles. The lowest BCUT2D eigenvalue weighted by Gasteiger charge is -2.26. The molecule has 3 aromatic carbocycles. The molecule has 0 saturated heterocycles. The number of fused-ring (bicyclic) bond motifs is 2. The molecular formula is C22H21NO2. The summed E-state index contributed by atoms with van der Waals surface area (Å²) < 4.78 is 5.80. The second-order valence-electron chi connectivity index (χ2n) is 6.48. The molecule has 25 heavy (non-hydrogen) atoms.